The highest BCUT2D eigenvalue weighted by atomic mass is 16.5. The van der Waals surface area contributed by atoms with E-state index in [0.717, 1.165) is 48.6 Å². The van der Waals surface area contributed by atoms with Gasteiger partial charge in [0.05, 0.1) is 24.8 Å². The number of unbranched alkanes of at least 4 members (excludes halogenated alkanes) is 1. The van der Waals surface area contributed by atoms with Gasteiger partial charge in [-0.1, -0.05) is 53.2 Å². The van der Waals surface area contributed by atoms with Gasteiger partial charge in [0.15, 0.2) is 0 Å². The molecule has 0 radical (unpaired) electrons. The molecule has 39 heavy (non-hydrogen) atoms. The van der Waals surface area contributed by atoms with Crippen LogP contribution in [0.15, 0.2) is 48.0 Å². The van der Waals surface area contributed by atoms with E-state index in [1.54, 1.807) is 23.1 Å². The van der Waals surface area contributed by atoms with Gasteiger partial charge in [-0.05, 0) is 73.8 Å². The summed E-state index contributed by atoms with van der Waals surface area (Å²) in [5.41, 5.74) is 2.19. The minimum absolute atomic E-state index is 0.106. The van der Waals surface area contributed by atoms with Crippen molar-refractivity contribution in [3.05, 3.63) is 64.7 Å². The van der Waals surface area contributed by atoms with E-state index in [9.17, 15) is 14.7 Å². The van der Waals surface area contributed by atoms with Crippen molar-refractivity contribution in [2.75, 3.05) is 39.4 Å². The molecule has 0 spiro atoms. The topological polar surface area (TPSA) is 79.3 Å². The monoisotopic (exact) mass is 536 g/mol. The number of nitrogens with zero attached hydrogens (tertiary/aromatic N) is 2. The molecule has 1 unspecified atom stereocenters. The first kappa shape index (κ1) is 30.2. The number of benzene rings is 2. The molecule has 0 aromatic heterocycles. The molecular weight excluding hydrogens is 492 g/mol. The zero-order chi connectivity index (χ0) is 28.5. The zero-order valence-electron chi connectivity index (χ0n) is 24.3. The van der Waals surface area contributed by atoms with Gasteiger partial charge in [0.25, 0.3) is 11.7 Å². The molecule has 0 aliphatic carbocycles. The first-order chi connectivity index (χ1) is 18.7. The average Bonchev–Trinajstić information content (AvgIpc) is 3.18. The maximum absolute atomic E-state index is 13.4. The third kappa shape index (κ3) is 7.41. The molecule has 0 saturated carbocycles. The molecule has 1 N–H and O–H groups in total. The molecule has 212 valence electrons. The molecule has 7 heteroatoms. The molecule has 1 heterocycles. The van der Waals surface area contributed by atoms with Gasteiger partial charge < -0.3 is 24.4 Å². The number of ether oxygens (including phenoxy) is 2. The van der Waals surface area contributed by atoms with Gasteiger partial charge in [-0.15, -0.1) is 0 Å². The summed E-state index contributed by atoms with van der Waals surface area (Å²) in [6.07, 6.45) is 2.01. The molecule has 1 saturated heterocycles. The van der Waals surface area contributed by atoms with Crippen molar-refractivity contribution in [3.8, 4) is 11.5 Å². The van der Waals surface area contributed by atoms with Crippen molar-refractivity contribution in [3.63, 3.8) is 0 Å². The van der Waals surface area contributed by atoms with Gasteiger partial charge in [-0.3, -0.25) is 9.59 Å². The summed E-state index contributed by atoms with van der Waals surface area (Å²) >= 11 is 0. The van der Waals surface area contributed by atoms with Crippen LogP contribution in [0.25, 0.3) is 5.76 Å². The molecule has 0 bridgehead atoms. The highest BCUT2D eigenvalue weighted by Crippen LogP contribution is 2.40. The van der Waals surface area contributed by atoms with Crippen LogP contribution >= 0.6 is 0 Å². The Morgan fingerprint density at radius 2 is 1.72 bits per heavy atom. The maximum Gasteiger partial charge on any atom is 0.295 e. The number of hydrogen-bond donors (Lipinski definition) is 1. The second-order valence-electron chi connectivity index (χ2n) is 10.5. The molecule has 3 rings (SSSR count). The first-order valence-electron chi connectivity index (χ1n) is 14.2. The van der Waals surface area contributed by atoms with Crippen LogP contribution in [0, 0.1) is 12.8 Å². The summed E-state index contributed by atoms with van der Waals surface area (Å²) < 4.78 is 11.7. The standard InChI is InChI=1S/C32H44N2O5/c1-7-10-19-38-26-14-11-24(12-15-26)29-28(31(36)32(37)34(29)18-17-33(8-2)9-3)30(35)25-13-16-27(23(6)20-25)39-21-22(4)5/h11-16,20,22,29,35H,7-10,17-19,21H2,1-6H3/b30-28+. The Bertz CT molecular complexity index is 1150. The molecule has 7 nitrogen and oxygen atoms in total. The van der Waals surface area contributed by atoms with Crippen molar-refractivity contribution < 1.29 is 24.2 Å². The molecule has 2 aromatic rings. The maximum atomic E-state index is 13.4. The second-order valence-corrected chi connectivity index (χ2v) is 10.5. The molecule has 1 amide bonds. The number of amides is 1. The number of carbonyl (C=O) groups is 2. The zero-order valence-corrected chi connectivity index (χ0v) is 24.3. The summed E-state index contributed by atoms with van der Waals surface area (Å²) in [7, 11) is 0. The van der Waals surface area contributed by atoms with Crippen LogP contribution in [-0.2, 0) is 9.59 Å². The van der Waals surface area contributed by atoms with Gasteiger partial charge in [0.2, 0.25) is 0 Å². The van der Waals surface area contributed by atoms with E-state index in [0.29, 0.717) is 37.8 Å². The van der Waals surface area contributed by atoms with Crippen LogP contribution < -0.4 is 9.47 Å². The largest absolute Gasteiger partial charge is 0.507 e. The van der Waals surface area contributed by atoms with E-state index >= 15 is 0 Å². The normalized spacial score (nSPS) is 16.9. The summed E-state index contributed by atoms with van der Waals surface area (Å²) in [5, 5.41) is 11.5. The Kier molecular flexibility index (Phi) is 11.0. The number of likely N-dealkylation sites (tertiary alicyclic amines) is 1. The van der Waals surface area contributed by atoms with E-state index in [1.165, 1.54) is 0 Å². The molecular formula is C32H44N2O5. The smallest absolute Gasteiger partial charge is 0.295 e. The number of likely N-dealkylation sites (N-methyl/N-ethyl adjacent to an activating group) is 1. The number of ketones is 1. The van der Waals surface area contributed by atoms with E-state index in [-0.39, 0.29) is 11.3 Å². The lowest BCUT2D eigenvalue weighted by Crippen LogP contribution is -2.38. The Morgan fingerprint density at radius 1 is 1.03 bits per heavy atom. The Balaban J connectivity index is 2.01. The predicted octanol–water partition coefficient (Wildman–Crippen LogP) is 5.97. The van der Waals surface area contributed by atoms with Crippen molar-refractivity contribution >= 4 is 17.4 Å². The van der Waals surface area contributed by atoms with Crippen LogP contribution in [0.3, 0.4) is 0 Å². The van der Waals surface area contributed by atoms with Crippen LogP contribution in [0.4, 0.5) is 0 Å². The van der Waals surface area contributed by atoms with Gasteiger partial charge in [0, 0.05) is 18.7 Å². The van der Waals surface area contributed by atoms with Crippen molar-refractivity contribution in [1.82, 2.24) is 9.80 Å². The van der Waals surface area contributed by atoms with Crippen LogP contribution in [0.2, 0.25) is 0 Å². The minimum Gasteiger partial charge on any atom is -0.507 e. The minimum atomic E-state index is -0.692. The van der Waals surface area contributed by atoms with Crippen LogP contribution in [0.5, 0.6) is 11.5 Å². The van der Waals surface area contributed by atoms with E-state index in [1.807, 2.05) is 31.2 Å². The highest BCUT2D eigenvalue weighted by Gasteiger charge is 2.46. The number of aryl methyl sites for hydroxylation is 1. The van der Waals surface area contributed by atoms with Gasteiger partial charge in [-0.25, -0.2) is 0 Å². The van der Waals surface area contributed by atoms with Gasteiger partial charge in [0.1, 0.15) is 17.3 Å². The van der Waals surface area contributed by atoms with Crippen LogP contribution in [0.1, 0.15) is 70.2 Å². The van der Waals surface area contributed by atoms with Crippen molar-refractivity contribution in [1.29, 1.82) is 0 Å². The highest BCUT2D eigenvalue weighted by molar-refractivity contribution is 6.46. The lowest BCUT2D eigenvalue weighted by molar-refractivity contribution is -0.140. The predicted molar refractivity (Wildman–Crippen MR) is 155 cm³/mol. The molecule has 2 aromatic carbocycles. The molecule has 1 aliphatic heterocycles. The lowest BCUT2D eigenvalue weighted by Gasteiger charge is -2.28. The second kappa shape index (κ2) is 14.2. The number of hydrogen-bond acceptors (Lipinski definition) is 6. The number of aliphatic hydroxyl groups is 1. The summed E-state index contributed by atoms with van der Waals surface area (Å²) in [4.78, 5) is 30.5. The van der Waals surface area contributed by atoms with E-state index < -0.39 is 17.7 Å². The first-order valence-corrected chi connectivity index (χ1v) is 14.2. The van der Waals surface area contributed by atoms with Gasteiger partial charge in [-0.2, -0.15) is 0 Å². The number of rotatable bonds is 14. The van der Waals surface area contributed by atoms with Gasteiger partial charge >= 0.3 is 0 Å². The number of aliphatic hydroxyl groups excluding tert-OH is 1. The van der Waals surface area contributed by atoms with E-state index in [4.69, 9.17) is 9.47 Å². The van der Waals surface area contributed by atoms with Crippen molar-refractivity contribution in [2.45, 2.75) is 60.4 Å². The van der Waals surface area contributed by atoms with Crippen LogP contribution in [-0.4, -0.2) is 66.0 Å². The third-order valence-corrected chi connectivity index (χ3v) is 7.07. The number of Topliss-reactive ketones (excluding diaryl/α,β-unsaturated/α-hetero) is 1. The Morgan fingerprint density at radius 3 is 2.31 bits per heavy atom. The van der Waals surface area contributed by atoms with E-state index in [2.05, 4.69) is 39.5 Å². The molecule has 1 atom stereocenters. The fraction of sp³-hybridized carbons (Fsp3) is 0.500. The molecule has 1 fully saturated rings. The SMILES string of the molecule is CCCCOc1ccc(C2/C(=C(\O)c3ccc(OCC(C)C)c(C)c3)C(=O)C(=O)N2CCN(CC)CC)cc1. The average molecular weight is 537 g/mol. The summed E-state index contributed by atoms with van der Waals surface area (Å²) in [5.74, 6) is 0.414. The fourth-order valence-corrected chi connectivity index (χ4v) is 4.70. The summed E-state index contributed by atoms with van der Waals surface area (Å²) in [6.45, 7) is 16.3. The Hall–Kier alpha value is -3.32. The lowest BCUT2D eigenvalue weighted by atomic mass is 9.94. The quantitative estimate of drug-likeness (QED) is 0.139. The van der Waals surface area contributed by atoms with Crippen molar-refractivity contribution in [2.24, 2.45) is 5.92 Å². The number of carbonyl (C=O) groups excluding carboxylic acids is 2. The molecule has 1 aliphatic rings. The Labute approximate surface area is 233 Å². The summed E-state index contributed by atoms with van der Waals surface area (Å²) in [6, 6.07) is 12.1. The third-order valence-electron chi connectivity index (χ3n) is 7.07. The fourth-order valence-electron chi connectivity index (χ4n) is 4.70.